The van der Waals surface area contributed by atoms with Crippen molar-refractivity contribution in [1.29, 1.82) is 0 Å². The molecule has 3 N–H and O–H groups in total. The summed E-state index contributed by atoms with van der Waals surface area (Å²) in [5.41, 5.74) is 0. The molecule has 0 unspecified atom stereocenters. The van der Waals surface area contributed by atoms with Crippen molar-refractivity contribution < 1.29 is 47.4 Å². The van der Waals surface area contributed by atoms with E-state index in [9.17, 15) is 0 Å². The maximum atomic E-state index is 8.56. The van der Waals surface area contributed by atoms with Gasteiger partial charge in [-0.15, -0.1) is 0 Å². The molecule has 0 heterocycles. The van der Waals surface area contributed by atoms with Gasteiger partial charge >= 0.3 is 6.16 Å². The Bertz CT molecular complexity index is 60.7. The molecule has 0 amide bonds. The smallest absolute Gasteiger partial charge is 0.450 e. The quantitative estimate of drug-likeness (QED) is 0.637. The van der Waals surface area contributed by atoms with Gasteiger partial charge in [-0.25, -0.2) is 4.79 Å². The van der Waals surface area contributed by atoms with Gasteiger partial charge in [-0.05, 0) is 6.42 Å². The average Bonchev–Trinajstić information content (AvgIpc) is 1.66. The second kappa shape index (κ2) is 16.1. The van der Waals surface area contributed by atoms with Crippen LogP contribution in [0.3, 0.4) is 0 Å². The van der Waals surface area contributed by atoms with E-state index in [4.69, 9.17) is 20.1 Å². The first-order chi connectivity index (χ1) is 4.15. The van der Waals surface area contributed by atoms with Crippen molar-refractivity contribution >= 4 is 6.16 Å². The van der Waals surface area contributed by atoms with Gasteiger partial charge in [0, 0.05) is 33.9 Å². The summed E-state index contributed by atoms with van der Waals surface area (Å²) in [4.78, 5) is 8.56. The van der Waals surface area contributed by atoms with Crippen LogP contribution in [0, 0.1) is 0 Å². The molecule has 0 aromatic rings. The summed E-state index contributed by atoms with van der Waals surface area (Å²) in [5, 5.41) is 22.0. The zero-order valence-corrected chi connectivity index (χ0v) is 10.1. The van der Waals surface area contributed by atoms with Gasteiger partial charge in [-0.1, -0.05) is 13.3 Å². The molecule has 0 saturated carbocycles. The fourth-order valence-electron chi connectivity index (χ4n) is 0.158. The topological polar surface area (TPSA) is 77.8 Å². The summed E-state index contributed by atoms with van der Waals surface area (Å²) >= 11 is 0. The first-order valence-corrected chi connectivity index (χ1v) is 2.67. The van der Waals surface area contributed by atoms with Crippen LogP contribution in [0.25, 0.3) is 0 Å². The number of hydrogen-bond donors (Lipinski definition) is 3. The molecule has 0 spiro atoms. The van der Waals surface area contributed by atoms with Crippen LogP contribution in [-0.2, 0) is 27.3 Å². The van der Waals surface area contributed by atoms with Crippen molar-refractivity contribution in [2.45, 2.75) is 19.8 Å². The van der Waals surface area contributed by atoms with Crippen LogP contribution >= 0.6 is 0 Å². The summed E-state index contributed by atoms with van der Waals surface area (Å²) < 4.78 is 0. The maximum absolute atomic E-state index is 8.56. The van der Waals surface area contributed by atoms with E-state index in [1.807, 2.05) is 0 Å². The van der Waals surface area contributed by atoms with Crippen molar-refractivity contribution in [2.75, 3.05) is 6.61 Å². The Morgan fingerprint density at radius 1 is 1.40 bits per heavy atom. The van der Waals surface area contributed by atoms with Crippen molar-refractivity contribution in [3.8, 4) is 0 Å². The van der Waals surface area contributed by atoms with E-state index in [0.717, 1.165) is 12.8 Å². The minimum atomic E-state index is -1.83. The van der Waals surface area contributed by atoms with Crippen molar-refractivity contribution in [3.05, 3.63) is 0 Å². The third-order valence-electron chi connectivity index (χ3n) is 0.512. The van der Waals surface area contributed by atoms with Crippen LogP contribution < -0.4 is 0 Å². The van der Waals surface area contributed by atoms with E-state index in [1.54, 1.807) is 0 Å². The largest absolute Gasteiger partial charge is 0.503 e. The third-order valence-corrected chi connectivity index (χ3v) is 0.512. The van der Waals surface area contributed by atoms with Crippen molar-refractivity contribution in [2.24, 2.45) is 0 Å². The van der Waals surface area contributed by atoms with Crippen LogP contribution in [0.2, 0.25) is 0 Å². The molecular formula is C5H12CdO4. The minimum absolute atomic E-state index is 0. The molecule has 0 bridgehead atoms. The van der Waals surface area contributed by atoms with Gasteiger partial charge < -0.3 is 15.3 Å². The summed E-state index contributed by atoms with van der Waals surface area (Å²) in [6.07, 6.45) is 0.205. The predicted molar refractivity (Wildman–Crippen MR) is 32.6 cm³/mol. The molecule has 0 radical (unpaired) electrons. The Morgan fingerprint density at radius 3 is 1.70 bits per heavy atom. The van der Waals surface area contributed by atoms with Crippen LogP contribution in [0.5, 0.6) is 0 Å². The van der Waals surface area contributed by atoms with Gasteiger partial charge in [0.2, 0.25) is 0 Å². The van der Waals surface area contributed by atoms with Gasteiger partial charge in [-0.3, -0.25) is 0 Å². The molecule has 4 nitrogen and oxygen atoms in total. The first-order valence-electron chi connectivity index (χ1n) is 2.67. The number of unbranched alkanes of at least 4 members (excludes halogenated alkanes) is 1. The third kappa shape index (κ3) is 90.0. The van der Waals surface area contributed by atoms with Crippen LogP contribution in [0.4, 0.5) is 4.79 Å². The van der Waals surface area contributed by atoms with Gasteiger partial charge in [0.1, 0.15) is 0 Å². The predicted octanol–water partition coefficient (Wildman–Crippen LogP) is 0.999. The van der Waals surface area contributed by atoms with E-state index in [1.165, 1.54) is 0 Å². The van der Waals surface area contributed by atoms with Gasteiger partial charge in [0.25, 0.3) is 0 Å². The zero-order valence-electron chi connectivity index (χ0n) is 6.08. The first kappa shape index (κ1) is 16.6. The van der Waals surface area contributed by atoms with Crippen LogP contribution in [0.1, 0.15) is 19.8 Å². The van der Waals surface area contributed by atoms with Gasteiger partial charge in [0.15, 0.2) is 0 Å². The Morgan fingerprint density at radius 2 is 1.70 bits per heavy atom. The molecule has 0 saturated heterocycles. The van der Waals surface area contributed by atoms with E-state index in [-0.39, 0.29) is 27.3 Å². The Hall–Kier alpha value is 0.152. The molecule has 0 aliphatic rings. The fraction of sp³-hybridized carbons (Fsp3) is 0.800. The Balaban J connectivity index is -0.0000000910. The number of aliphatic hydroxyl groups excluding tert-OH is 1. The summed E-state index contributed by atoms with van der Waals surface area (Å²) in [6, 6.07) is 0. The average molecular weight is 249 g/mol. The van der Waals surface area contributed by atoms with E-state index in [2.05, 4.69) is 6.92 Å². The van der Waals surface area contributed by atoms with Crippen LogP contribution in [0.15, 0.2) is 0 Å². The van der Waals surface area contributed by atoms with E-state index in [0.29, 0.717) is 6.61 Å². The Kier molecular flexibility index (Phi) is 26.7. The molecule has 5 heteroatoms. The number of rotatable bonds is 2. The van der Waals surface area contributed by atoms with E-state index < -0.39 is 6.16 Å². The second-order valence-electron chi connectivity index (χ2n) is 1.36. The molecule has 0 aromatic carbocycles. The number of carboxylic acid groups (broad SMARTS) is 2. The molecule has 0 rings (SSSR count). The second-order valence-corrected chi connectivity index (χ2v) is 1.36. The van der Waals surface area contributed by atoms with Gasteiger partial charge in [-0.2, -0.15) is 0 Å². The summed E-state index contributed by atoms with van der Waals surface area (Å²) in [6.45, 7) is 2.40. The SMILES string of the molecule is CCCCO.O=C(O)O.[Cd]. The molecule has 0 atom stereocenters. The summed E-state index contributed by atoms with van der Waals surface area (Å²) in [5.74, 6) is 0. The van der Waals surface area contributed by atoms with Crippen LogP contribution in [-0.4, -0.2) is 28.1 Å². The van der Waals surface area contributed by atoms with E-state index >= 15 is 0 Å². The van der Waals surface area contributed by atoms with Crippen molar-refractivity contribution in [3.63, 3.8) is 0 Å². The Labute approximate surface area is 80.0 Å². The molecular weight excluding hydrogens is 236 g/mol. The monoisotopic (exact) mass is 250 g/mol. The zero-order chi connectivity index (χ0) is 7.70. The maximum Gasteiger partial charge on any atom is 0.503 e. The standard InChI is InChI=1S/C4H10O.CH2O3.Cd/c1-2-3-4-5;2-1(3)4;/h5H,2-4H2,1H3;(H2,2,3,4);. The normalized spacial score (nSPS) is 6.60. The summed E-state index contributed by atoms with van der Waals surface area (Å²) in [7, 11) is 0. The number of carbonyl (C=O) groups is 1. The molecule has 10 heavy (non-hydrogen) atoms. The fourth-order valence-corrected chi connectivity index (χ4v) is 0.158. The van der Waals surface area contributed by atoms with Crippen molar-refractivity contribution in [1.82, 2.24) is 0 Å². The molecule has 0 aromatic heterocycles. The van der Waals surface area contributed by atoms with Gasteiger partial charge in [0.05, 0.1) is 0 Å². The molecule has 0 aliphatic heterocycles. The molecule has 0 fully saturated rings. The molecule has 58 valence electrons. The number of hydrogen-bond acceptors (Lipinski definition) is 2. The molecule has 0 aliphatic carbocycles. The number of aliphatic hydroxyl groups is 1. The minimum Gasteiger partial charge on any atom is -0.450 e.